The summed E-state index contributed by atoms with van der Waals surface area (Å²) in [5.41, 5.74) is 5.28. The van der Waals surface area contributed by atoms with Gasteiger partial charge in [0.2, 0.25) is 0 Å². The predicted molar refractivity (Wildman–Crippen MR) is 91.2 cm³/mol. The molecule has 0 radical (unpaired) electrons. The molecule has 2 N–H and O–H groups in total. The average Bonchev–Trinajstić information content (AvgIpc) is 2.97. The number of para-hydroxylation sites is 1. The molecule has 1 heterocycles. The smallest absolute Gasteiger partial charge is 0.257 e. The van der Waals surface area contributed by atoms with Crippen LogP contribution in [-0.4, -0.2) is 11.7 Å². The zero-order valence-electron chi connectivity index (χ0n) is 13.5. The standard InChI is InChI=1S/C19H18N2O3/c1-12(22)15-10-6-7-11-16(15)20-19(23)17-13(2)24-21-18(17)14-8-4-3-5-9-14/h3-11,18,21H,1-2H3,(H,20,23). The minimum atomic E-state index is -0.351. The summed E-state index contributed by atoms with van der Waals surface area (Å²) in [6.45, 7) is 3.21. The van der Waals surface area contributed by atoms with Gasteiger partial charge in [-0.05, 0) is 31.5 Å². The zero-order valence-corrected chi connectivity index (χ0v) is 13.5. The summed E-state index contributed by atoms with van der Waals surface area (Å²) >= 11 is 0. The van der Waals surface area contributed by atoms with E-state index in [0.29, 0.717) is 22.6 Å². The zero-order chi connectivity index (χ0) is 17.1. The number of hydrogen-bond donors (Lipinski definition) is 2. The molecule has 3 rings (SSSR count). The summed E-state index contributed by atoms with van der Waals surface area (Å²) in [7, 11) is 0. The molecule has 1 aliphatic heterocycles. The fraction of sp³-hybridized carbons (Fsp3) is 0.158. The van der Waals surface area contributed by atoms with Crippen LogP contribution in [0, 0.1) is 0 Å². The van der Waals surface area contributed by atoms with Crippen molar-refractivity contribution in [3.63, 3.8) is 0 Å². The van der Waals surface area contributed by atoms with Gasteiger partial charge in [-0.3, -0.25) is 9.59 Å². The van der Waals surface area contributed by atoms with E-state index in [0.717, 1.165) is 5.56 Å². The van der Waals surface area contributed by atoms with Crippen LogP contribution in [0.1, 0.15) is 35.8 Å². The average molecular weight is 322 g/mol. The third-order valence-electron chi connectivity index (χ3n) is 3.93. The molecule has 5 heteroatoms. The first-order chi connectivity index (χ1) is 11.6. The molecule has 2 aromatic rings. The number of allylic oxidation sites excluding steroid dienone is 1. The summed E-state index contributed by atoms with van der Waals surface area (Å²) in [6.07, 6.45) is 0. The second-order valence-electron chi connectivity index (χ2n) is 5.59. The lowest BCUT2D eigenvalue weighted by Gasteiger charge is -2.14. The van der Waals surface area contributed by atoms with Crippen LogP contribution >= 0.6 is 0 Å². The molecule has 24 heavy (non-hydrogen) atoms. The molecule has 0 bridgehead atoms. The number of carbonyl (C=O) groups excluding carboxylic acids is 2. The van der Waals surface area contributed by atoms with Gasteiger partial charge < -0.3 is 10.2 Å². The highest BCUT2D eigenvalue weighted by molar-refractivity contribution is 6.09. The summed E-state index contributed by atoms with van der Waals surface area (Å²) in [6, 6.07) is 16.2. The first-order valence-corrected chi connectivity index (χ1v) is 7.67. The molecule has 1 aliphatic rings. The Morgan fingerprint density at radius 1 is 1.04 bits per heavy atom. The molecule has 0 fully saturated rings. The predicted octanol–water partition coefficient (Wildman–Crippen LogP) is 3.38. The van der Waals surface area contributed by atoms with Crippen LogP contribution in [0.25, 0.3) is 0 Å². The van der Waals surface area contributed by atoms with Gasteiger partial charge in [0.15, 0.2) is 5.78 Å². The van der Waals surface area contributed by atoms with Gasteiger partial charge in [-0.15, -0.1) is 5.48 Å². The fourth-order valence-electron chi connectivity index (χ4n) is 2.72. The molecule has 122 valence electrons. The molecule has 0 saturated carbocycles. The summed E-state index contributed by atoms with van der Waals surface area (Å²) in [4.78, 5) is 29.9. The molecule has 1 unspecified atom stereocenters. The van der Waals surface area contributed by atoms with Gasteiger partial charge in [-0.1, -0.05) is 42.5 Å². The second-order valence-corrected chi connectivity index (χ2v) is 5.59. The maximum Gasteiger partial charge on any atom is 0.257 e. The number of rotatable bonds is 4. The molecule has 5 nitrogen and oxygen atoms in total. The Balaban J connectivity index is 1.89. The third-order valence-corrected chi connectivity index (χ3v) is 3.93. The Labute approximate surface area is 140 Å². The normalized spacial score (nSPS) is 16.7. The van der Waals surface area contributed by atoms with E-state index in [2.05, 4.69) is 10.8 Å². The van der Waals surface area contributed by atoms with Crippen molar-refractivity contribution < 1.29 is 14.4 Å². The Bertz CT molecular complexity index is 812. The van der Waals surface area contributed by atoms with E-state index in [1.54, 1.807) is 31.2 Å². The quantitative estimate of drug-likeness (QED) is 0.847. The molecule has 1 atom stereocenters. The molecular weight excluding hydrogens is 304 g/mol. The van der Waals surface area contributed by atoms with Gasteiger partial charge in [-0.25, -0.2) is 0 Å². The lowest BCUT2D eigenvalue weighted by atomic mass is 9.98. The van der Waals surface area contributed by atoms with E-state index in [4.69, 9.17) is 4.84 Å². The molecule has 0 saturated heterocycles. The van der Waals surface area contributed by atoms with Crippen LogP contribution in [0.2, 0.25) is 0 Å². The number of benzene rings is 2. The third kappa shape index (κ3) is 3.07. The van der Waals surface area contributed by atoms with Gasteiger partial charge in [-0.2, -0.15) is 0 Å². The Hall–Kier alpha value is -2.92. The molecule has 1 amide bonds. The number of carbonyl (C=O) groups is 2. The van der Waals surface area contributed by atoms with Crippen molar-refractivity contribution in [1.82, 2.24) is 5.48 Å². The first kappa shape index (κ1) is 16.0. The number of hydroxylamine groups is 1. The number of anilines is 1. The van der Waals surface area contributed by atoms with Crippen molar-refractivity contribution in [2.75, 3.05) is 5.32 Å². The number of Topliss-reactive ketones (excluding diaryl/α,β-unsaturated/α-hetero) is 1. The summed E-state index contributed by atoms with van der Waals surface area (Å²) in [5, 5.41) is 2.83. The molecule has 2 aromatic carbocycles. The maximum atomic E-state index is 12.8. The van der Waals surface area contributed by atoms with Crippen LogP contribution in [0.15, 0.2) is 65.9 Å². The topological polar surface area (TPSA) is 67.4 Å². The first-order valence-electron chi connectivity index (χ1n) is 7.67. The van der Waals surface area contributed by atoms with Gasteiger partial charge in [0, 0.05) is 5.56 Å². The maximum absolute atomic E-state index is 12.8. The highest BCUT2D eigenvalue weighted by Gasteiger charge is 2.32. The van der Waals surface area contributed by atoms with Crippen LogP contribution in [0.4, 0.5) is 5.69 Å². The van der Waals surface area contributed by atoms with Crippen molar-refractivity contribution >= 4 is 17.4 Å². The van der Waals surface area contributed by atoms with E-state index >= 15 is 0 Å². The Kier molecular flexibility index (Phi) is 4.44. The number of amides is 1. The summed E-state index contributed by atoms with van der Waals surface area (Å²) in [5.74, 6) is 0.124. The number of ketones is 1. The molecule has 0 aliphatic carbocycles. The molecule has 0 spiro atoms. The largest absolute Gasteiger partial charge is 0.412 e. The number of hydrogen-bond acceptors (Lipinski definition) is 4. The van der Waals surface area contributed by atoms with Gasteiger partial charge in [0.1, 0.15) is 11.8 Å². The lowest BCUT2D eigenvalue weighted by Crippen LogP contribution is -2.23. The highest BCUT2D eigenvalue weighted by Crippen LogP contribution is 2.31. The van der Waals surface area contributed by atoms with Gasteiger partial charge in [0.05, 0.1) is 11.3 Å². The van der Waals surface area contributed by atoms with Crippen LogP contribution in [0.5, 0.6) is 0 Å². The molecular formula is C19H18N2O3. The minimum absolute atomic E-state index is 0.1000. The monoisotopic (exact) mass is 322 g/mol. The van der Waals surface area contributed by atoms with Crippen molar-refractivity contribution in [3.05, 3.63) is 77.1 Å². The van der Waals surface area contributed by atoms with E-state index in [-0.39, 0.29) is 17.7 Å². The van der Waals surface area contributed by atoms with Gasteiger partial charge in [0.25, 0.3) is 5.91 Å². The Morgan fingerprint density at radius 3 is 2.42 bits per heavy atom. The van der Waals surface area contributed by atoms with Gasteiger partial charge >= 0.3 is 0 Å². The SMILES string of the molecule is CC(=O)c1ccccc1NC(=O)C1=C(C)ONC1c1ccccc1. The van der Waals surface area contributed by atoms with Crippen molar-refractivity contribution in [2.24, 2.45) is 0 Å². The minimum Gasteiger partial charge on any atom is -0.412 e. The highest BCUT2D eigenvalue weighted by atomic mass is 16.7. The van der Waals surface area contributed by atoms with Crippen molar-refractivity contribution in [2.45, 2.75) is 19.9 Å². The molecule has 0 aromatic heterocycles. The van der Waals surface area contributed by atoms with Crippen LogP contribution in [0.3, 0.4) is 0 Å². The second kappa shape index (κ2) is 6.68. The van der Waals surface area contributed by atoms with E-state index < -0.39 is 0 Å². The Morgan fingerprint density at radius 2 is 1.71 bits per heavy atom. The van der Waals surface area contributed by atoms with E-state index in [9.17, 15) is 9.59 Å². The summed E-state index contributed by atoms with van der Waals surface area (Å²) < 4.78 is 0. The van der Waals surface area contributed by atoms with Crippen LogP contribution in [-0.2, 0) is 9.63 Å². The number of nitrogens with one attached hydrogen (secondary N) is 2. The lowest BCUT2D eigenvalue weighted by molar-refractivity contribution is -0.113. The van der Waals surface area contributed by atoms with E-state index in [1.165, 1.54) is 6.92 Å². The van der Waals surface area contributed by atoms with Crippen molar-refractivity contribution in [3.8, 4) is 0 Å². The van der Waals surface area contributed by atoms with Crippen LogP contribution < -0.4 is 10.8 Å². The van der Waals surface area contributed by atoms with E-state index in [1.807, 2.05) is 30.3 Å². The fourth-order valence-corrected chi connectivity index (χ4v) is 2.72. The van der Waals surface area contributed by atoms with Crippen molar-refractivity contribution in [1.29, 1.82) is 0 Å².